The van der Waals surface area contributed by atoms with Gasteiger partial charge in [0.05, 0.1) is 22.7 Å². The highest BCUT2D eigenvalue weighted by Crippen LogP contribution is 2.24. The first kappa shape index (κ1) is 31.7. The largest absolute Gasteiger partial charge is 0.366 e. The van der Waals surface area contributed by atoms with Gasteiger partial charge in [-0.1, -0.05) is 66.2 Å². The Morgan fingerprint density at radius 2 is 1.46 bits per heavy atom. The summed E-state index contributed by atoms with van der Waals surface area (Å²) >= 11 is 0. The number of carbonyl (C=O) groups excluding carboxylic acids is 1. The lowest BCUT2D eigenvalue weighted by Crippen LogP contribution is -2.65. The number of hydrogen-bond donors (Lipinski definition) is 2. The second kappa shape index (κ2) is 15.2. The maximum Gasteiger partial charge on any atom is 0.356 e. The van der Waals surface area contributed by atoms with Gasteiger partial charge in [-0.25, -0.2) is 18.4 Å². The first-order valence-electron chi connectivity index (χ1n) is 14.1. The number of rotatable bonds is 16. The van der Waals surface area contributed by atoms with Gasteiger partial charge in [-0.2, -0.15) is 0 Å². The SMILES string of the molecule is CCCCC(CC)CN1CN(CC(CC)CCCC)CC(C)(NOC(=O)c2ccc(S(N)(=O)=O)cc2)C1. The summed E-state index contributed by atoms with van der Waals surface area (Å²) < 4.78 is 23.0. The van der Waals surface area contributed by atoms with Crippen LogP contribution in [0, 0.1) is 11.8 Å². The van der Waals surface area contributed by atoms with E-state index in [4.69, 9.17) is 9.98 Å². The number of unbranched alkanes of at least 4 members (excludes halogenated alkanes) is 2. The van der Waals surface area contributed by atoms with Crippen LogP contribution in [0.3, 0.4) is 0 Å². The fraction of sp³-hybridized carbons (Fsp3) is 0.750. The summed E-state index contributed by atoms with van der Waals surface area (Å²) in [6.07, 6.45) is 9.74. The molecule has 3 N–H and O–H groups in total. The van der Waals surface area contributed by atoms with E-state index in [0.717, 1.165) is 45.7 Å². The summed E-state index contributed by atoms with van der Waals surface area (Å²) in [5.74, 6) is 0.770. The lowest BCUT2D eigenvalue weighted by Gasteiger charge is -2.47. The Labute approximate surface area is 225 Å². The number of carbonyl (C=O) groups is 1. The Hall–Kier alpha value is -1.52. The fourth-order valence-corrected chi connectivity index (χ4v) is 5.82. The summed E-state index contributed by atoms with van der Waals surface area (Å²) in [6.45, 7) is 15.8. The first-order valence-corrected chi connectivity index (χ1v) is 15.6. The highest BCUT2D eigenvalue weighted by molar-refractivity contribution is 7.89. The van der Waals surface area contributed by atoms with Crippen LogP contribution in [-0.4, -0.2) is 62.6 Å². The third kappa shape index (κ3) is 10.6. The van der Waals surface area contributed by atoms with Crippen molar-refractivity contribution in [3.05, 3.63) is 29.8 Å². The monoisotopic (exact) mass is 538 g/mol. The number of sulfonamides is 1. The van der Waals surface area contributed by atoms with E-state index in [1.807, 2.05) is 0 Å². The molecule has 8 nitrogen and oxygen atoms in total. The maximum atomic E-state index is 12.7. The lowest BCUT2D eigenvalue weighted by atomic mass is 9.93. The van der Waals surface area contributed by atoms with Crippen LogP contribution in [0.4, 0.5) is 0 Å². The van der Waals surface area contributed by atoms with E-state index in [1.54, 1.807) is 0 Å². The topological polar surface area (TPSA) is 105 Å². The summed E-state index contributed by atoms with van der Waals surface area (Å²) in [5.41, 5.74) is 2.93. The van der Waals surface area contributed by atoms with Gasteiger partial charge < -0.3 is 4.84 Å². The van der Waals surface area contributed by atoms with E-state index >= 15 is 0 Å². The molecule has 1 aromatic carbocycles. The van der Waals surface area contributed by atoms with Crippen LogP contribution in [0.1, 0.15) is 96.3 Å². The minimum Gasteiger partial charge on any atom is -0.366 e. The van der Waals surface area contributed by atoms with Crippen LogP contribution in [-0.2, 0) is 14.9 Å². The highest BCUT2D eigenvalue weighted by atomic mass is 32.2. The molecule has 1 saturated heterocycles. The number of hydrogen-bond acceptors (Lipinski definition) is 7. The van der Waals surface area contributed by atoms with Gasteiger partial charge in [0.1, 0.15) is 0 Å². The molecule has 0 bridgehead atoms. The number of nitrogens with two attached hydrogens (primary N) is 1. The van der Waals surface area contributed by atoms with Crippen LogP contribution in [0.2, 0.25) is 0 Å². The fourth-order valence-electron chi connectivity index (χ4n) is 5.30. The molecular weight excluding hydrogens is 488 g/mol. The normalized spacial score (nSPS) is 21.0. The van der Waals surface area contributed by atoms with Crippen LogP contribution < -0.4 is 10.6 Å². The number of nitrogens with zero attached hydrogens (tertiary/aromatic N) is 2. The van der Waals surface area contributed by atoms with Crippen molar-refractivity contribution in [3.63, 3.8) is 0 Å². The molecule has 0 amide bonds. The van der Waals surface area contributed by atoms with Gasteiger partial charge in [0.2, 0.25) is 10.0 Å². The Bertz CT molecular complexity index is 897. The van der Waals surface area contributed by atoms with Crippen molar-refractivity contribution in [2.24, 2.45) is 17.0 Å². The van der Waals surface area contributed by atoms with Gasteiger partial charge in [-0.15, -0.1) is 5.48 Å². The minimum atomic E-state index is -3.81. The third-order valence-corrected chi connectivity index (χ3v) is 8.40. The molecule has 0 spiro atoms. The number of benzene rings is 1. The Morgan fingerprint density at radius 1 is 0.973 bits per heavy atom. The average molecular weight is 539 g/mol. The smallest absolute Gasteiger partial charge is 0.356 e. The molecular formula is C28H50N4O4S. The summed E-state index contributed by atoms with van der Waals surface area (Å²) in [5, 5.41) is 5.16. The minimum absolute atomic E-state index is 0.0374. The van der Waals surface area contributed by atoms with Crippen molar-refractivity contribution in [2.75, 3.05) is 32.8 Å². The zero-order chi connectivity index (χ0) is 27.5. The molecule has 0 aromatic heterocycles. The Morgan fingerprint density at radius 3 is 1.86 bits per heavy atom. The second-order valence-corrected chi connectivity index (χ2v) is 12.7. The first-order chi connectivity index (χ1) is 17.5. The van der Waals surface area contributed by atoms with Gasteiger partial charge in [0.15, 0.2) is 0 Å². The van der Waals surface area contributed by atoms with Crippen LogP contribution in [0.5, 0.6) is 0 Å². The molecule has 212 valence electrons. The summed E-state index contributed by atoms with van der Waals surface area (Å²) in [7, 11) is -3.81. The summed E-state index contributed by atoms with van der Waals surface area (Å²) in [6, 6.07) is 5.48. The highest BCUT2D eigenvalue weighted by Gasteiger charge is 2.37. The van der Waals surface area contributed by atoms with E-state index in [0.29, 0.717) is 11.8 Å². The number of hydroxylamine groups is 1. The van der Waals surface area contributed by atoms with Crippen molar-refractivity contribution in [2.45, 2.75) is 96.4 Å². The molecule has 1 heterocycles. The molecule has 0 saturated carbocycles. The third-order valence-electron chi connectivity index (χ3n) is 7.47. The van der Waals surface area contributed by atoms with Gasteiger partial charge in [-0.05, 0) is 55.9 Å². The van der Waals surface area contributed by atoms with Crippen LogP contribution >= 0.6 is 0 Å². The van der Waals surface area contributed by atoms with Crippen molar-refractivity contribution in [1.29, 1.82) is 0 Å². The molecule has 1 aromatic rings. The van der Waals surface area contributed by atoms with E-state index in [9.17, 15) is 13.2 Å². The predicted molar refractivity (Wildman–Crippen MR) is 149 cm³/mol. The van der Waals surface area contributed by atoms with E-state index in [1.165, 1.54) is 62.8 Å². The molecule has 1 aliphatic rings. The zero-order valence-electron chi connectivity index (χ0n) is 23.7. The van der Waals surface area contributed by atoms with E-state index in [-0.39, 0.29) is 10.5 Å². The zero-order valence-corrected chi connectivity index (χ0v) is 24.5. The van der Waals surface area contributed by atoms with Crippen LogP contribution in [0.15, 0.2) is 29.2 Å². The van der Waals surface area contributed by atoms with Gasteiger partial charge >= 0.3 is 5.97 Å². The quantitative estimate of drug-likeness (QED) is 0.292. The van der Waals surface area contributed by atoms with Crippen molar-refractivity contribution in [1.82, 2.24) is 15.3 Å². The van der Waals surface area contributed by atoms with Gasteiger partial charge in [0, 0.05) is 26.2 Å². The van der Waals surface area contributed by atoms with E-state index in [2.05, 4.69) is 49.9 Å². The molecule has 2 unspecified atom stereocenters. The number of nitrogens with one attached hydrogen (secondary N) is 1. The molecule has 0 radical (unpaired) electrons. The van der Waals surface area contributed by atoms with Crippen molar-refractivity contribution < 1.29 is 18.0 Å². The lowest BCUT2D eigenvalue weighted by molar-refractivity contribution is -0.0583. The second-order valence-electron chi connectivity index (χ2n) is 11.1. The molecule has 0 aliphatic carbocycles. The van der Waals surface area contributed by atoms with E-state index < -0.39 is 21.5 Å². The Kier molecular flexibility index (Phi) is 13.0. The number of primary sulfonamides is 1. The van der Waals surface area contributed by atoms with Gasteiger partial charge in [0.25, 0.3) is 0 Å². The van der Waals surface area contributed by atoms with Crippen molar-refractivity contribution in [3.8, 4) is 0 Å². The molecule has 9 heteroatoms. The summed E-state index contributed by atoms with van der Waals surface area (Å²) in [4.78, 5) is 23.3. The standard InChI is InChI=1S/C28H50N4O4S/c1-6-10-12-23(8-3)18-31-20-28(5,21-32(22-31)19-24(9-4)13-11-7-2)30-36-27(33)25-14-16-26(17-15-25)37(29,34)35/h14-17,23-24,30H,6-13,18-22H2,1-5H3,(H2,29,34,35). The molecule has 2 atom stereocenters. The average Bonchev–Trinajstić information content (AvgIpc) is 2.86. The molecule has 1 fully saturated rings. The van der Waals surface area contributed by atoms with Crippen LogP contribution in [0.25, 0.3) is 0 Å². The molecule has 2 rings (SSSR count). The maximum absolute atomic E-state index is 12.7. The predicted octanol–water partition coefficient (Wildman–Crippen LogP) is 4.76. The molecule has 1 aliphatic heterocycles. The van der Waals surface area contributed by atoms with Gasteiger partial charge in [-0.3, -0.25) is 9.80 Å². The molecule has 37 heavy (non-hydrogen) atoms. The Balaban J connectivity index is 2.11. The van der Waals surface area contributed by atoms with Crippen molar-refractivity contribution >= 4 is 16.0 Å².